The largest absolute Gasteiger partial charge is 0.322 e. The molecule has 4 aromatic carbocycles. The normalized spacial score (nSPS) is 10.7. The standard InChI is InChI=1S/C29H20FN3O2/c30-23-15-11-21(12-16-23)28(34)22-13-17-24(18-14-22)32-29(35)26-19-31-33(25-9-5-2-6-10-25)27(26)20-7-3-1-4-8-20/h1-19H,(H,32,35). The molecule has 0 aliphatic carbocycles. The Kier molecular flexibility index (Phi) is 6.01. The Bertz CT molecular complexity index is 1480. The van der Waals surface area contributed by atoms with Crippen LogP contribution in [0.15, 0.2) is 115 Å². The maximum Gasteiger partial charge on any atom is 0.259 e. The molecule has 0 saturated heterocycles. The van der Waals surface area contributed by atoms with Crippen molar-refractivity contribution in [2.45, 2.75) is 0 Å². The van der Waals surface area contributed by atoms with Gasteiger partial charge in [0.05, 0.1) is 23.1 Å². The molecule has 1 heterocycles. The summed E-state index contributed by atoms with van der Waals surface area (Å²) in [7, 11) is 0. The van der Waals surface area contributed by atoms with Gasteiger partial charge in [0.1, 0.15) is 5.82 Å². The van der Waals surface area contributed by atoms with Gasteiger partial charge in [-0.2, -0.15) is 5.10 Å². The number of hydrogen-bond acceptors (Lipinski definition) is 3. The Morgan fingerprint density at radius 3 is 1.91 bits per heavy atom. The Morgan fingerprint density at radius 1 is 0.714 bits per heavy atom. The molecule has 170 valence electrons. The summed E-state index contributed by atoms with van der Waals surface area (Å²) in [5.74, 6) is -0.938. The molecule has 0 spiro atoms. The smallest absolute Gasteiger partial charge is 0.259 e. The van der Waals surface area contributed by atoms with Gasteiger partial charge < -0.3 is 5.32 Å². The molecule has 1 amide bonds. The van der Waals surface area contributed by atoms with Crippen LogP contribution in [0.5, 0.6) is 0 Å². The molecular formula is C29H20FN3O2. The van der Waals surface area contributed by atoms with Crippen molar-refractivity contribution in [2.24, 2.45) is 0 Å². The third kappa shape index (κ3) is 4.63. The first-order chi connectivity index (χ1) is 17.1. The van der Waals surface area contributed by atoms with E-state index in [9.17, 15) is 14.0 Å². The number of aromatic nitrogens is 2. The summed E-state index contributed by atoms with van der Waals surface area (Å²) in [6.45, 7) is 0. The van der Waals surface area contributed by atoms with Crippen LogP contribution in [0.25, 0.3) is 16.9 Å². The van der Waals surface area contributed by atoms with E-state index < -0.39 is 5.82 Å². The van der Waals surface area contributed by atoms with Gasteiger partial charge in [0, 0.05) is 22.4 Å². The summed E-state index contributed by atoms with van der Waals surface area (Å²) in [5, 5.41) is 7.38. The molecule has 6 heteroatoms. The number of para-hydroxylation sites is 1. The Hall–Kier alpha value is -4.84. The molecule has 5 nitrogen and oxygen atoms in total. The lowest BCUT2D eigenvalue weighted by Crippen LogP contribution is -2.13. The number of benzene rings is 4. The van der Waals surface area contributed by atoms with Gasteiger partial charge in [-0.05, 0) is 60.7 Å². The van der Waals surface area contributed by atoms with Gasteiger partial charge in [0.15, 0.2) is 5.78 Å². The van der Waals surface area contributed by atoms with Gasteiger partial charge in [0.25, 0.3) is 5.91 Å². The molecule has 0 fully saturated rings. The molecule has 0 atom stereocenters. The molecule has 1 aromatic heterocycles. The summed E-state index contributed by atoms with van der Waals surface area (Å²) in [4.78, 5) is 25.9. The Balaban J connectivity index is 1.42. The number of hydrogen-bond donors (Lipinski definition) is 1. The van der Waals surface area contributed by atoms with Crippen molar-refractivity contribution < 1.29 is 14.0 Å². The van der Waals surface area contributed by atoms with E-state index in [1.54, 1.807) is 35.1 Å². The highest BCUT2D eigenvalue weighted by Gasteiger charge is 2.20. The van der Waals surface area contributed by atoms with Gasteiger partial charge in [-0.3, -0.25) is 9.59 Å². The SMILES string of the molecule is O=C(c1ccc(F)cc1)c1ccc(NC(=O)c2cnn(-c3ccccc3)c2-c2ccccc2)cc1. The molecule has 5 rings (SSSR count). The highest BCUT2D eigenvalue weighted by atomic mass is 19.1. The van der Waals surface area contributed by atoms with Gasteiger partial charge in [0.2, 0.25) is 0 Å². The number of carbonyl (C=O) groups is 2. The number of halogens is 1. The fourth-order valence-electron chi connectivity index (χ4n) is 3.82. The van der Waals surface area contributed by atoms with Crippen LogP contribution in [0, 0.1) is 5.82 Å². The number of ketones is 1. The van der Waals surface area contributed by atoms with E-state index in [2.05, 4.69) is 10.4 Å². The highest BCUT2D eigenvalue weighted by molar-refractivity contribution is 6.10. The van der Waals surface area contributed by atoms with Crippen LogP contribution in [-0.4, -0.2) is 21.5 Å². The van der Waals surface area contributed by atoms with Gasteiger partial charge in [-0.15, -0.1) is 0 Å². The number of amides is 1. The molecule has 0 unspecified atom stereocenters. The van der Waals surface area contributed by atoms with Crippen molar-refractivity contribution in [1.29, 1.82) is 0 Å². The lowest BCUT2D eigenvalue weighted by molar-refractivity contribution is 0.102. The van der Waals surface area contributed by atoms with Crippen LogP contribution >= 0.6 is 0 Å². The van der Waals surface area contributed by atoms with Gasteiger partial charge in [-0.1, -0.05) is 48.5 Å². The van der Waals surface area contributed by atoms with Gasteiger partial charge in [-0.25, -0.2) is 9.07 Å². The summed E-state index contributed by atoms with van der Waals surface area (Å²) < 4.78 is 14.9. The average molecular weight is 461 g/mol. The van der Waals surface area contributed by atoms with E-state index >= 15 is 0 Å². The van der Waals surface area contributed by atoms with Crippen LogP contribution in [-0.2, 0) is 0 Å². The molecule has 0 bridgehead atoms. The van der Waals surface area contributed by atoms with E-state index in [4.69, 9.17) is 0 Å². The molecule has 35 heavy (non-hydrogen) atoms. The maximum absolute atomic E-state index is 13.3. The topological polar surface area (TPSA) is 64.0 Å². The molecule has 0 aliphatic rings. The predicted molar refractivity (Wildman–Crippen MR) is 133 cm³/mol. The molecule has 0 aliphatic heterocycles. The lowest BCUT2D eigenvalue weighted by atomic mass is 10.0. The van der Waals surface area contributed by atoms with Crippen LogP contribution in [0.2, 0.25) is 0 Å². The number of anilines is 1. The number of rotatable bonds is 6. The van der Waals surface area contributed by atoms with E-state index in [-0.39, 0.29) is 11.7 Å². The Morgan fingerprint density at radius 2 is 1.29 bits per heavy atom. The Labute approximate surface area is 201 Å². The van der Waals surface area contributed by atoms with Crippen molar-refractivity contribution in [2.75, 3.05) is 5.32 Å². The van der Waals surface area contributed by atoms with Gasteiger partial charge >= 0.3 is 0 Å². The quantitative estimate of drug-likeness (QED) is 0.308. The van der Waals surface area contributed by atoms with E-state index in [0.29, 0.717) is 28.1 Å². The molecule has 1 N–H and O–H groups in total. The summed E-state index contributed by atoms with van der Waals surface area (Å²) in [6, 6.07) is 31.2. The first-order valence-electron chi connectivity index (χ1n) is 11.0. The lowest BCUT2D eigenvalue weighted by Gasteiger charge is -2.11. The van der Waals surface area contributed by atoms with Crippen molar-refractivity contribution in [3.63, 3.8) is 0 Å². The summed E-state index contributed by atoms with van der Waals surface area (Å²) in [5.41, 5.74) is 4.18. The van der Waals surface area contributed by atoms with Crippen LogP contribution < -0.4 is 5.32 Å². The van der Waals surface area contributed by atoms with Crippen molar-refractivity contribution in [3.05, 3.63) is 138 Å². The zero-order chi connectivity index (χ0) is 24.2. The zero-order valence-electron chi connectivity index (χ0n) is 18.6. The maximum atomic E-state index is 13.3. The number of nitrogens with one attached hydrogen (secondary N) is 1. The molecular weight excluding hydrogens is 441 g/mol. The van der Waals surface area contributed by atoms with Crippen LogP contribution in [0.1, 0.15) is 26.3 Å². The van der Waals surface area contributed by atoms with E-state index in [1.807, 2.05) is 60.7 Å². The summed E-state index contributed by atoms with van der Waals surface area (Å²) in [6.07, 6.45) is 1.55. The van der Waals surface area contributed by atoms with Crippen LogP contribution in [0.4, 0.5) is 10.1 Å². The second kappa shape index (κ2) is 9.57. The number of carbonyl (C=O) groups excluding carboxylic acids is 2. The van der Waals surface area contributed by atoms with Crippen LogP contribution in [0.3, 0.4) is 0 Å². The first-order valence-corrected chi connectivity index (χ1v) is 11.0. The highest BCUT2D eigenvalue weighted by Crippen LogP contribution is 2.27. The second-order valence-electron chi connectivity index (χ2n) is 7.89. The molecule has 0 saturated carbocycles. The predicted octanol–water partition coefficient (Wildman–Crippen LogP) is 6.16. The molecule has 5 aromatic rings. The van der Waals surface area contributed by atoms with Crippen molar-refractivity contribution in [3.8, 4) is 16.9 Å². The monoisotopic (exact) mass is 461 g/mol. The van der Waals surface area contributed by atoms with Crippen molar-refractivity contribution >= 4 is 17.4 Å². The van der Waals surface area contributed by atoms with Crippen molar-refractivity contribution in [1.82, 2.24) is 9.78 Å². The van der Waals surface area contributed by atoms with E-state index in [1.165, 1.54) is 24.3 Å². The second-order valence-corrected chi connectivity index (χ2v) is 7.89. The zero-order valence-corrected chi connectivity index (χ0v) is 18.6. The number of nitrogens with zero attached hydrogens (tertiary/aromatic N) is 2. The summed E-state index contributed by atoms with van der Waals surface area (Å²) >= 11 is 0. The third-order valence-corrected chi connectivity index (χ3v) is 5.57. The fraction of sp³-hybridized carbons (Fsp3) is 0. The van der Waals surface area contributed by atoms with E-state index in [0.717, 1.165) is 11.3 Å². The minimum Gasteiger partial charge on any atom is -0.322 e. The molecule has 0 radical (unpaired) electrons. The minimum absolute atomic E-state index is 0.224. The average Bonchev–Trinajstić information content (AvgIpc) is 3.36. The fourth-order valence-corrected chi connectivity index (χ4v) is 3.82. The third-order valence-electron chi connectivity index (χ3n) is 5.57. The minimum atomic E-state index is -0.398. The first kappa shape index (κ1) is 22.0.